The molecule has 31 heavy (non-hydrogen) atoms. The molecule has 1 atom stereocenters. The Labute approximate surface area is 183 Å². The zero-order valence-electron chi connectivity index (χ0n) is 17.2. The summed E-state index contributed by atoms with van der Waals surface area (Å²) in [4.78, 5) is 14.9. The van der Waals surface area contributed by atoms with Crippen molar-refractivity contribution in [3.63, 3.8) is 0 Å². The highest BCUT2D eigenvalue weighted by Gasteiger charge is 2.33. The summed E-state index contributed by atoms with van der Waals surface area (Å²) in [5, 5.41) is 26.1. The molecule has 3 heterocycles. The molecule has 4 rings (SSSR count). The number of nitrogens with one attached hydrogen (secondary N) is 2. The lowest BCUT2D eigenvalue weighted by Crippen LogP contribution is -2.45. The van der Waals surface area contributed by atoms with Gasteiger partial charge in [0.25, 0.3) is 5.56 Å². The molecular formula is C21H22ClN7O2. The van der Waals surface area contributed by atoms with Crippen molar-refractivity contribution in [1.29, 1.82) is 10.8 Å². The van der Waals surface area contributed by atoms with Gasteiger partial charge in [0.2, 0.25) is 0 Å². The van der Waals surface area contributed by atoms with Crippen LogP contribution in [0.3, 0.4) is 0 Å². The first kappa shape index (κ1) is 20.8. The van der Waals surface area contributed by atoms with Crippen LogP contribution in [0.15, 0.2) is 51.8 Å². The standard InChI is InChI=1S/C21H22ClN7O2/c1-27(20(23)15-8-9-19(30)28(2)25-15)21(24)29-10-4-7-17(29)16-12-18(31-26-16)13-5-3-6-14(22)11-13/h3,5-6,8-9,11-12,17,23-24H,4,7,10H2,1-2H3. The van der Waals surface area contributed by atoms with E-state index < -0.39 is 0 Å². The molecule has 1 unspecified atom stereocenters. The number of guanidine groups is 1. The number of aromatic nitrogens is 3. The number of rotatable bonds is 3. The van der Waals surface area contributed by atoms with Crippen LogP contribution in [0.4, 0.5) is 0 Å². The smallest absolute Gasteiger partial charge is 0.266 e. The van der Waals surface area contributed by atoms with Crippen LogP contribution in [-0.4, -0.2) is 50.1 Å². The molecule has 1 aliphatic heterocycles. The molecule has 0 radical (unpaired) electrons. The van der Waals surface area contributed by atoms with Crippen molar-refractivity contribution in [2.45, 2.75) is 18.9 Å². The molecule has 2 N–H and O–H groups in total. The van der Waals surface area contributed by atoms with Gasteiger partial charge < -0.3 is 9.42 Å². The predicted molar refractivity (Wildman–Crippen MR) is 117 cm³/mol. The molecule has 1 saturated heterocycles. The molecule has 9 nitrogen and oxygen atoms in total. The van der Waals surface area contributed by atoms with E-state index in [0.717, 1.165) is 24.1 Å². The predicted octanol–water partition coefficient (Wildman–Crippen LogP) is 3.12. The van der Waals surface area contributed by atoms with Crippen molar-refractivity contribution >= 4 is 23.4 Å². The van der Waals surface area contributed by atoms with Gasteiger partial charge in [-0.3, -0.25) is 20.5 Å². The highest BCUT2D eigenvalue weighted by atomic mass is 35.5. The molecule has 0 aliphatic carbocycles. The van der Waals surface area contributed by atoms with Gasteiger partial charge in [0.05, 0.1) is 6.04 Å². The normalized spacial score (nSPS) is 15.8. The van der Waals surface area contributed by atoms with Crippen LogP contribution in [0.5, 0.6) is 0 Å². The molecule has 3 aromatic rings. The van der Waals surface area contributed by atoms with E-state index in [1.807, 2.05) is 29.2 Å². The lowest BCUT2D eigenvalue weighted by molar-refractivity contribution is 0.335. The van der Waals surface area contributed by atoms with Crippen LogP contribution in [0, 0.1) is 10.8 Å². The first-order valence-electron chi connectivity index (χ1n) is 9.80. The highest BCUT2D eigenvalue weighted by molar-refractivity contribution is 6.30. The second-order valence-electron chi connectivity index (χ2n) is 7.39. The average Bonchev–Trinajstić information content (AvgIpc) is 3.43. The van der Waals surface area contributed by atoms with E-state index in [1.54, 1.807) is 13.1 Å². The van der Waals surface area contributed by atoms with Crippen LogP contribution in [0.25, 0.3) is 11.3 Å². The molecular weight excluding hydrogens is 418 g/mol. The fraction of sp³-hybridized carbons (Fsp3) is 0.286. The van der Waals surface area contributed by atoms with Crippen molar-refractivity contribution in [3.8, 4) is 11.3 Å². The van der Waals surface area contributed by atoms with Crippen molar-refractivity contribution in [2.24, 2.45) is 7.05 Å². The third kappa shape index (κ3) is 4.09. The van der Waals surface area contributed by atoms with E-state index in [2.05, 4.69) is 10.3 Å². The Morgan fingerprint density at radius 3 is 2.81 bits per heavy atom. The number of nitrogens with zero attached hydrogens (tertiary/aromatic N) is 5. The number of likely N-dealkylation sites (tertiary alicyclic amines) is 1. The number of hydrogen-bond acceptors (Lipinski definition) is 6. The quantitative estimate of drug-likeness (QED) is 0.478. The van der Waals surface area contributed by atoms with Gasteiger partial charge in [0, 0.05) is 43.4 Å². The van der Waals surface area contributed by atoms with E-state index >= 15 is 0 Å². The lowest BCUT2D eigenvalue weighted by Gasteiger charge is -2.31. The summed E-state index contributed by atoms with van der Waals surface area (Å²) in [6.07, 6.45) is 1.72. The number of amidine groups is 1. The largest absolute Gasteiger partial charge is 0.356 e. The summed E-state index contributed by atoms with van der Waals surface area (Å²) in [6.45, 7) is 0.668. The van der Waals surface area contributed by atoms with E-state index in [0.29, 0.717) is 23.0 Å². The molecule has 0 spiro atoms. The maximum Gasteiger partial charge on any atom is 0.266 e. The van der Waals surface area contributed by atoms with Gasteiger partial charge in [-0.15, -0.1) is 0 Å². The van der Waals surface area contributed by atoms with Gasteiger partial charge in [-0.1, -0.05) is 28.9 Å². The third-order valence-corrected chi connectivity index (χ3v) is 5.60. The van der Waals surface area contributed by atoms with Crippen molar-refractivity contribution in [3.05, 3.63) is 69.2 Å². The molecule has 1 fully saturated rings. The Hall–Kier alpha value is -3.46. The van der Waals surface area contributed by atoms with Crippen LogP contribution < -0.4 is 5.56 Å². The fourth-order valence-corrected chi connectivity index (χ4v) is 3.84. The first-order valence-corrected chi connectivity index (χ1v) is 10.2. The number of hydrogen-bond donors (Lipinski definition) is 2. The SMILES string of the molecule is CN(C(=N)c1ccc(=O)n(C)n1)C(=N)N1CCCC1c1cc(-c2cccc(Cl)c2)on1. The molecule has 10 heteroatoms. The Morgan fingerprint density at radius 1 is 1.26 bits per heavy atom. The monoisotopic (exact) mass is 439 g/mol. The van der Waals surface area contributed by atoms with Crippen LogP contribution in [-0.2, 0) is 7.05 Å². The zero-order valence-corrected chi connectivity index (χ0v) is 17.9. The number of aryl methyl sites for hydroxylation is 1. The Bertz CT molecular complexity index is 1200. The average molecular weight is 440 g/mol. The van der Waals surface area contributed by atoms with E-state index in [9.17, 15) is 4.79 Å². The van der Waals surface area contributed by atoms with Gasteiger partial charge in [0.15, 0.2) is 17.6 Å². The summed E-state index contributed by atoms with van der Waals surface area (Å²) >= 11 is 6.08. The first-order chi connectivity index (χ1) is 14.8. The van der Waals surface area contributed by atoms with E-state index in [4.69, 9.17) is 26.9 Å². The fourth-order valence-electron chi connectivity index (χ4n) is 3.65. The maximum atomic E-state index is 11.6. The number of benzene rings is 1. The second-order valence-corrected chi connectivity index (χ2v) is 7.83. The van der Waals surface area contributed by atoms with Crippen LogP contribution in [0.2, 0.25) is 5.02 Å². The summed E-state index contributed by atoms with van der Waals surface area (Å²) in [5.74, 6) is 0.813. The maximum absolute atomic E-state index is 11.6. The van der Waals surface area contributed by atoms with E-state index in [-0.39, 0.29) is 23.4 Å². The van der Waals surface area contributed by atoms with Crippen LogP contribution in [0.1, 0.15) is 30.3 Å². The minimum absolute atomic E-state index is 0.0334. The van der Waals surface area contributed by atoms with Crippen molar-refractivity contribution in [1.82, 2.24) is 24.7 Å². The molecule has 0 bridgehead atoms. The Kier molecular flexibility index (Phi) is 5.60. The molecule has 1 aliphatic rings. The van der Waals surface area contributed by atoms with Crippen LogP contribution >= 0.6 is 11.6 Å². The Morgan fingerprint density at radius 2 is 2.06 bits per heavy atom. The van der Waals surface area contributed by atoms with E-state index in [1.165, 1.54) is 28.8 Å². The van der Waals surface area contributed by atoms with Gasteiger partial charge >= 0.3 is 0 Å². The van der Waals surface area contributed by atoms with Gasteiger partial charge in [-0.25, -0.2) is 4.68 Å². The summed E-state index contributed by atoms with van der Waals surface area (Å²) in [5.41, 5.74) is 1.63. The summed E-state index contributed by atoms with van der Waals surface area (Å²) < 4.78 is 6.72. The minimum Gasteiger partial charge on any atom is -0.356 e. The molecule has 1 aromatic carbocycles. The Balaban J connectivity index is 1.54. The molecule has 0 amide bonds. The zero-order chi connectivity index (χ0) is 22.1. The van der Waals surface area contributed by atoms with Gasteiger partial charge in [-0.05, 0) is 31.0 Å². The lowest BCUT2D eigenvalue weighted by atomic mass is 10.1. The summed E-state index contributed by atoms with van der Waals surface area (Å²) in [6, 6.07) is 12.0. The highest BCUT2D eigenvalue weighted by Crippen LogP contribution is 2.34. The topological polar surface area (TPSA) is 115 Å². The molecule has 2 aromatic heterocycles. The molecule has 0 saturated carbocycles. The van der Waals surface area contributed by atoms with Crippen molar-refractivity contribution in [2.75, 3.05) is 13.6 Å². The summed E-state index contributed by atoms with van der Waals surface area (Å²) in [7, 11) is 3.18. The third-order valence-electron chi connectivity index (χ3n) is 5.36. The molecule has 160 valence electrons. The number of halogens is 1. The second kappa shape index (κ2) is 8.35. The van der Waals surface area contributed by atoms with Gasteiger partial charge in [-0.2, -0.15) is 5.10 Å². The van der Waals surface area contributed by atoms with Crippen molar-refractivity contribution < 1.29 is 4.52 Å². The minimum atomic E-state index is -0.254. The van der Waals surface area contributed by atoms with Gasteiger partial charge in [0.1, 0.15) is 11.4 Å².